The van der Waals surface area contributed by atoms with Crippen molar-refractivity contribution in [1.29, 1.82) is 0 Å². The molecule has 170 valence electrons. The van der Waals surface area contributed by atoms with E-state index in [0.717, 1.165) is 23.7 Å². The third-order valence-electron chi connectivity index (χ3n) is 4.19. The van der Waals surface area contributed by atoms with Crippen LogP contribution in [-0.4, -0.2) is 44.2 Å². The summed E-state index contributed by atoms with van der Waals surface area (Å²) in [5.41, 5.74) is 1.02. The van der Waals surface area contributed by atoms with E-state index >= 15 is 0 Å². The molecule has 0 fully saturated rings. The number of hydrogen-bond donors (Lipinski definition) is 3. The largest absolute Gasteiger partial charge is 0.356 e. The first-order valence-electron chi connectivity index (χ1n) is 9.68. The zero-order valence-corrected chi connectivity index (χ0v) is 19.7. The molecule has 0 saturated heterocycles. The normalized spacial score (nSPS) is 12.5. The van der Waals surface area contributed by atoms with Gasteiger partial charge in [-0.3, -0.25) is 10.1 Å². The Morgan fingerprint density at radius 1 is 1.23 bits per heavy atom. The molecule has 2 aromatic rings. The summed E-state index contributed by atoms with van der Waals surface area (Å²) >= 11 is 1.14. The standard InChI is InChI=1S/C20H27FN4O4S2/c1-11(2)10-22-17(26)8-12(3)23-19(27)25-20-24-13(4)18(30-20)14-6-7-16(15(21)9-14)31(5,28)29/h6-7,9,11-12H,8,10H2,1-5H3,(H,22,26)(H2,23,24,25,27). The van der Waals surface area contributed by atoms with Crippen LogP contribution in [0.3, 0.4) is 0 Å². The van der Waals surface area contributed by atoms with Crippen LogP contribution in [0.2, 0.25) is 0 Å². The van der Waals surface area contributed by atoms with Crippen LogP contribution in [0.1, 0.15) is 32.9 Å². The van der Waals surface area contributed by atoms with Crippen molar-refractivity contribution in [1.82, 2.24) is 15.6 Å². The van der Waals surface area contributed by atoms with Crippen LogP contribution in [0.25, 0.3) is 10.4 Å². The third-order valence-corrected chi connectivity index (χ3v) is 6.44. The summed E-state index contributed by atoms with van der Waals surface area (Å²) in [6, 6.07) is 2.96. The van der Waals surface area contributed by atoms with Crippen molar-refractivity contribution in [2.24, 2.45) is 5.92 Å². The summed E-state index contributed by atoms with van der Waals surface area (Å²) in [5.74, 6) is -0.646. The van der Waals surface area contributed by atoms with E-state index < -0.39 is 21.7 Å². The van der Waals surface area contributed by atoms with E-state index in [-0.39, 0.29) is 23.3 Å². The van der Waals surface area contributed by atoms with Gasteiger partial charge in [-0.05, 0) is 37.5 Å². The topological polar surface area (TPSA) is 117 Å². The van der Waals surface area contributed by atoms with Crippen molar-refractivity contribution in [3.8, 4) is 10.4 Å². The fourth-order valence-electron chi connectivity index (χ4n) is 2.74. The fourth-order valence-corrected chi connectivity index (χ4v) is 4.42. The molecule has 1 aromatic heterocycles. The molecule has 0 aliphatic carbocycles. The molecule has 0 saturated carbocycles. The van der Waals surface area contributed by atoms with Gasteiger partial charge in [-0.25, -0.2) is 22.6 Å². The van der Waals surface area contributed by atoms with Gasteiger partial charge >= 0.3 is 6.03 Å². The molecule has 0 aliphatic rings. The van der Waals surface area contributed by atoms with Crippen LogP contribution in [-0.2, 0) is 14.6 Å². The van der Waals surface area contributed by atoms with E-state index in [2.05, 4.69) is 20.9 Å². The van der Waals surface area contributed by atoms with Gasteiger partial charge < -0.3 is 10.6 Å². The quantitative estimate of drug-likeness (QED) is 0.547. The Hall–Kier alpha value is -2.53. The van der Waals surface area contributed by atoms with Crippen LogP contribution in [0.15, 0.2) is 23.1 Å². The average Bonchev–Trinajstić information content (AvgIpc) is 2.98. The number of halogens is 1. The van der Waals surface area contributed by atoms with E-state index in [0.29, 0.717) is 33.7 Å². The minimum atomic E-state index is -3.66. The molecule has 3 amide bonds. The molecule has 1 aromatic carbocycles. The van der Waals surface area contributed by atoms with Gasteiger partial charge in [-0.15, -0.1) is 0 Å². The molecular weight excluding hydrogens is 443 g/mol. The van der Waals surface area contributed by atoms with Crippen LogP contribution >= 0.6 is 11.3 Å². The molecule has 11 heteroatoms. The summed E-state index contributed by atoms with van der Waals surface area (Å²) in [6.07, 6.45) is 1.09. The molecule has 1 atom stereocenters. The molecule has 3 N–H and O–H groups in total. The van der Waals surface area contributed by atoms with Gasteiger partial charge in [-0.2, -0.15) is 0 Å². The first-order chi connectivity index (χ1) is 14.4. The number of carbonyl (C=O) groups excluding carboxylic acids is 2. The number of sulfone groups is 1. The molecule has 1 heterocycles. The van der Waals surface area contributed by atoms with Gasteiger partial charge in [0.2, 0.25) is 5.91 Å². The number of rotatable bonds is 8. The van der Waals surface area contributed by atoms with E-state index in [9.17, 15) is 22.4 Å². The minimum absolute atomic E-state index is 0.145. The summed E-state index contributed by atoms with van der Waals surface area (Å²) in [5, 5.41) is 8.38. The summed E-state index contributed by atoms with van der Waals surface area (Å²) < 4.78 is 37.4. The number of hydrogen-bond acceptors (Lipinski definition) is 6. The van der Waals surface area contributed by atoms with E-state index in [4.69, 9.17) is 0 Å². The van der Waals surface area contributed by atoms with Gasteiger partial charge in [0.05, 0.1) is 10.6 Å². The Morgan fingerprint density at radius 3 is 2.48 bits per heavy atom. The Morgan fingerprint density at radius 2 is 1.90 bits per heavy atom. The van der Waals surface area contributed by atoms with Crippen molar-refractivity contribution in [3.63, 3.8) is 0 Å². The Bertz CT molecular complexity index is 1070. The van der Waals surface area contributed by atoms with Crippen LogP contribution in [0.5, 0.6) is 0 Å². The number of benzene rings is 1. The maximum absolute atomic E-state index is 14.2. The SMILES string of the molecule is Cc1nc(NC(=O)NC(C)CC(=O)NCC(C)C)sc1-c1ccc(S(C)(=O)=O)c(F)c1. The smallest absolute Gasteiger partial charge is 0.321 e. The van der Waals surface area contributed by atoms with Crippen molar-refractivity contribution < 1.29 is 22.4 Å². The number of carbonyl (C=O) groups is 2. The van der Waals surface area contributed by atoms with Crippen molar-refractivity contribution in [2.45, 2.75) is 45.1 Å². The van der Waals surface area contributed by atoms with Crippen molar-refractivity contribution in [3.05, 3.63) is 29.7 Å². The highest BCUT2D eigenvalue weighted by Crippen LogP contribution is 2.34. The molecule has 0 bridgehead atoms. The summed E-state index contributed by atoms with van der Waals surface area (Å²) in [7, 11) is -3.66. The van der Waals surface area contributed by atoms with Gasteiger partial charge in [0, 0.05) is 25.3 Å². The molecule has 0 aliphatic heterocycles. The minimum Gasteiger partial charge on any atom is -0.356 e. The molecule has 0 spiro atoms. The lowest BCUT2D eigenvalue weighted by Gasteiger charge is -2.14. The number of anilines is 1. The van der Waals surface area contributed by atoms with Gasteiger partial charge in [0.25, 0.3) is 0 Å². The molecule has 2 rings (SSSR count). The van der Waals surface area contributed by atoms with Crippen LogP contribution < -0.4 is 16.0 Å². The molecule has 0 radical (unpaired) electrons. The maximum atomic E-state index is 14.2. The third kappa shape index (κ3) is 7.28. The Kier molecular flexibility index (Phi) is 8.13. The molecule has 8 nitrogen and oxygen atoms in total. The zero-order chi connectivity index (χ0) is 23.3. The highest BCUT2D eigenvalue weighted by Gasteiger charge is 2.18. The van der Waals surface area contributed by atoms with Crippen LogP contribution in [0, 0.1) is 18.7 Å². The highest BCUT2D eigenvalue weighted by molar-refractivity contribution is 7.90. The average molecular weight is 471 g/mol. The second kappa shape index (κ2) is 10.2. The number of amides is 3. The number of aryl methyl sites for hydroxylation is 1. The second-order valence-electron chi connectivity index (χ2n) is 7.75. The van der Waals surface area contributed by atoms with Gasteiger partial charge in [0.1, 0.15) is 10.7 Å². The Balaban J connectivity index is 2.02. The van der Waals surface area contributed by atoms with Gasteiger partial charge in [0.15, 0.2) is 15.0 Å². The Labute approximate surface area is 185 Å². The lowest BCUT2D eigenvalue weighted by molar-refractivity contribution is -0.121. The molecule has 31 heavy (non-hydrogen) atoms. The predicted molar refractivity (Wildman–Crippen MR) is 119 cm³/mol. The second-order valence-corrected chi connectivity index (χ2v) is 10.7. The number of aromatic nitrogens is 1. The maximum Gasteiger partial charge on any atom is 0.321 e. The zero-order valence-electron chi connectivity index (χ0n) is 18.1. The number of urea groups is 1. The van der Waals surface area contributed by atoms with Gasteiger partial charge in [-0.1, -0.05) is 31.3 Å². The number of thiazole rings is 1. The first-order valence-corrected chi connectivity index (χ1v) is 12.4. The fraction of sp³-hybridized carbons (Fsp3) is 0.450. The van der Waals surface area contributed by atoms with E-state index in [1.165, 1.54) is 12.1 Å². The first kappa shape index (κ1) is 24.7. The van der Waals surface area contributed by atoms with E-state index in [1.807, 2.05) is 13.8 Å². The molecular formula is C20H27FN4O4S2. The monoisotopic (exact) mass is 470 g/mol. The van der Waals surface area contributed by atoms with Crippen molar-refractivity contribution >= 4 is 38.2 Å². The molecule has 1 unspecified atom stereocenters. The van der Waals surface area contributed by atoms with Crippen molar-refractivity contribution in [2.75, 3.05) is 18.1 Å². The van der Waals surface area contributed by atoms with Crippen LogP contribution in [0.4, 0.5) is 14.3 Å². The number of nitrogens with one attached hydrogen (secondary N) is 3. The number of nitrogens with zero attached hydrogens (tertiary/aromatic N) is 1. The lowest BCUT2D eigenvalue weighted by Crippen LogP contribution is -2.40. The summed E-state index contributed by atoms with van der Waals surface area (Å²) in [6.45, 7) is 7.99. The highest BCUT2D eigenvalue weighted by atomic mass is 32.2. The lowest BCUT2D eigenvalue weighted by atomic mass is 10.1. The summed E-state index contributed by atoms with van der Waals surface area (Å²) in [4.78, 5) is 28.6. The van der Waals surface area contributed by atoms with E-state index in [1.54, 1.807) is 13.8 Å². The predicted octanol–water partition coefficient (Wildman–Crippen LogP) is 3.33.